The number of hydrogen-bond donors (Lipinski definition) is 2. The van der Waals surface area contributed by atoms with Crippen LogP contribution in [0.15, 0.2) is 36.4 Å². The molecule has 0 aliphatic carbocycles. The third-order valence-electron chi connectivity index (χ3n) is 5.34. The van der Waals surface area contributed by atoms with Gasteiger partial charge >= 0.3 is 0 Å². The summed E-state index contributed by atoms with van der Waals surface area (Å²) in [7, 11) is 0. The Morgan fingerprint density at radius 1 is 1.17 bits per heavy atom. The van der Waals surface area contributed by atoms with Crippen molar-refractivity contribution in [3.8, 4) is 18.2 Å². The van der Waals surface area contributed by atoms with Gasteiger partial charge in [0.15, 0.2) is 0 Å². The molecule has 1 aromatic carbocycles. The minimum atomic E-state index is -0.450. The number of aryl methyl sites for hydroxylation is 1. The third kappa shape index (κ3) is 8.30. The van der Waals surface area contributed by atoms with E-state index >= 15 is 0 Å². The van der Waals surface area contributed by atoms with E-state index in [1.807, 2.05) is 42.2 Å². The van der Waals surface area contributed by atoms with Crippen LogP contribution in [0.25, 0.3) is 0 Å². The van der Waals surface area contributed by atoms with Gasteiger partial charge < -0.3 is 25.2 Å². The summed E-state index contributed by atoms with van der Waals surface area (Å²) in [4.78, 5) is 49.4. The molecule has 3 rings (SSSR count). The topological polar surface area (TPSA) is 117 Å². The summed E-state index contributed by atoms with van der Waals surface area (Å²) in [5, 5.41) is 5.34. The number of nitrogens with zero attached hydrogens (tertiary/aromatic N) is 4. The van der Waals surface area contributed by atoms with Gasteiger partial charge in [-0.05, 0) is 12.5 Å². The summed E-state index contributed by atoms with van der Waals surface area (Å²) in [5.74, 6) is 2.20. The average molecular weight is 479 g/mol. The van der Waals surface area contributed by atoms with Gasteiger partial charge in [0.05, 0.1) is 6.54 Å². The summed E-state index contributed by atoms with van der Waals surface area (Å²) in [6.45, 7) is 4.10. The van der Waals surface area contributed by atoms with Gasteiger partial charge in [-0.25, -0.2) is 4.98 Å². The fourth-order valence-corrected chi connectivity index (χ4v) is 3.50. The van der Waals surface area contributed by atoms with Crippen molar-refractivity contribution in [2.24, 2.45) is 0 Å². The Morgan fingerprint density at radius 3 is 2.74 bits per heavy atom. The minimum Gasteiger partial charge on any atom is -0.473 e. The lowest BCUT2D eigenvalue weighted by Crippen LogP contribution is -2.46. The zero-order valence-corrected chi connectivity index (χ0v) is 19.8. The van der Waals surface area contributed by atoms with Crippen LogP contribution in [0.5, 0.6) is 5.88 Å². The van der Waals surface area contributed by atoms with Gasteiger partial charge in [0, 0.05) is 50.9 Å². The molecule has 2 aromatic rings. The Bertz CT molecular complexity index is 1070. The van der Waals surface area contributed by atoms with Crippen LogP contribution in [0.4, 0.5) is 5.95 Å². The van der Waals surface area contributed by atoms with E-state index in [1.54, 1.807) is 6.07 Å². The molecule has 2 heterocycles. The molecule has 0 spiro atoms. The molecule has 0 bridgehead atoms. The number of ether oxygens (including phenoxy) is 1. The van der Waals surface area contributed by atoms with E-state index in [4.69, 9.17) is 11.2 Å². The van der Waals surface area contributed by atoms with Gasteiger partial charge in [-0.2, -0.15) is 4.98 Å². The maximum Gasteiger partial charge on any atom is 0.232 e. The molecule has 10 nitrogen and oxygen atoms in total. The maximum atomic E-state index is 12.7. The Morgan fingerprint density at radius 2 is 1.97 bits per heavy atom. The second-order valence-corrected chi connectivity index (χ2v) is 8.05. The zero-order chi connectivity index (χ0) is 25.0. The van der Waals surface area contributed by atoms with Crippen molar-refractivity contribution in [3.05, 3.63) is 47.7 Å². The molecule has 35 heavy (non-hydrogen) atoms. The predicted molar refractivity (Wildman–Crippen MR) is 130 cm³/mol. The van der Waals surface area contributed by atoms with Crippen molar-refractivity contribution in [1.82, 2.24) is 25.5 Å². The number of anilines is 1. The van der Waals surface area contributed by atoms with Crippen molar-refractivity contribution in [2.75, 3.05) is 44.2 Å². The molecule has 184 valence electrons. The lowest BCUT2D eigenvalue weighted by atomic mass is 10.2. The lowest BCUT2D eigenvalue weighted by molar-refractivity contribution is -0.136. The number of aromatic nitrogens is 2. The second-order valence-electron chi connectivity index (χ2n) is 8.05. The van der Waals surface area contributed by atoms with Crippen molar-refractivity contribution in [3.63, 3.8) is 0 Å². The average Bonchev–Trinajstić information content (AvgIpc) is 2.85. The van der Waals surface area contributed by atoms with Gasteiger partial charge in [0.2, 0.25) is 29.5 Å². The maximum absolute atomic E-state index is 12.7. The van der Waals surface area contributed by atoms with Gasteiger partial charge in [-0.3, -0.25) is 14.4 Å². The Hall–Kier alpha value is -4.13. The van der Waals surface area contributed by atoms with E-state index < -0.39 is 5.91 Å². The number of hydrogen-bond acceptors (Lipinski definition) is 7. The highest BCUT2D eigenvalue weighted by Crippen LogP contribution is 2.17. The Kier molecular flexibility index (Phi) is 9.42. The predicted octanol–water partition coefficient (Wildman–Crippen LogP) is 0.658. The third-order valence-corrected chi connectivity index (χ3v) is 5.34. The van der Waals surface area contributed by atoms with Crippen LogP contribution in [-0.4, -0.2) is 71.9 Å². The molecule has 1 fully saturated rings. The smallest absolute Gasteiger partial charge is 0.232 e. The van der Waals surface area contributed by atoms with Crippen molar-refractivity contribution in [2.45, 2.75) is 26.4 Å². The van der Waals surface area contributed by atoms with Gasteiger partial charge in [-0.15, -0.1) is 6.42 Å². The van der Waals surface area contributed by atoms with Crippen LogP contribution in [0.1, 0.15) is 24.1 Å². The first-order valence-corrected chi connectivity index (χ1v) is 11.5. The molecule has 0 radical (unpaired) electrons. The molecule has 1 aromatic heterocycles. The minimum absolute atomic E-state index is 0.0572. The largest absolute Gasteiger partial charge is 0.473 e. The SMILES string of the molecule is C#CCNC(=O)CC(=O)N1CCC(=O)NCCN(c2nc(C)cc(OCc3ccccc3)n2)CC1. The summed E-state index contributed by atoms with van der Waals surface area (Å²) in [6.07, 6.45) is 4.98. The number of carbonyl (C=O) groups is 3. The Balaban J connectivity index is 1.71. The number of amides is 3. The fraction of sp³-hybridized carbons (Fsp3) is 0.400. The normalized spacial score (nSPS) is 14.5. The molecular formula is C25H30N6O4. The van der Waals surface area contributed by atoms with Crippen LogP contribution in [0.3, 0.4) is 0 Å². The molecule has 1 aliphatic heterocycles. The van der Waals surface area contributed by atoms with Gasteiger partial charge in [0.1, 0.15) is 13.0 Å². The lowest BCUT2D eigenvalue weighted by Gasteiger charge is -2.29. The van der Waals surface area contributed by atoms with Crippen molar-refractivity contribution >= 4 is 23.7 Å². The summed E-state index contributed by atoms with van der Waals surface area (Å²) < 4.78 is 5.89. The van der Waals surface area contributed by atoms with E-state index in [1.165, 1.54) is 4.90 Å². The zero-order valence-electron chi connectivity index (χ0n) is 19.8. The van der Waals surface area contributed by atoms with E-state index in [0.717, 1.165) is 11.3 Å². The number of rotatable bonds is 7. The summed E-state index contributed by atoms with van der Waals surface area (Å²) >= 11 is 0. The van der Waals surface area contributed by atoms with Crippen LogP contribution >= 0.6 is 0 Å². The molecule has 1 aliphatic rings. The first-order chi connectivity index (χ1) is 16.9. The van der Waals surface area contributed by atoms with E-state index in [-0.39, 0.29) is 37.7 Å². The quantitative estimate of drug-likeness (QED) is 0.444. The molecule has 0 saturated carbocycles. The number of benzene rings is 1. The molecule has 3 amide bonds. The standard InChI is InChI=1S/C25H30N6O4/c1-3-10-26-22(33)17-24(34)30-12-9-21(32)27-11-13-31(15-14-30)25-28-19(2)16-23(29-25)35-18-20-7-5-4-6-8-20/h1,4-8,16H,9-15,17-18H2,2H3,(H,26,33)(H,27,32). The molecular weight excluding hydrogens is 448 g/mol. The number of nitrogens with one attached hydrogen (secondary N) is 2. The van der Waals surface area contributed by atoms with E-state index in [2.05, 4.69) is 26.5 Å². The molecule has 0 atom stereocenters. The van der Waals surface area contributed by atoms with Crippen molar-refractivity contribution < 1.29 is 19.1 Å². The molecule has 1 saturated heterocycles. The van der Waals surface area contributed by atoms with E-state index in [9.17, 15) is 14.4 Å². The second kappa shape index (κ2) is 12.9. The van der Waals surface area contributed by atoms with Crippen LogP contribution < -0.4 is 20.3 Å². The number of carbonyl (C=O) groups excluding carboxylic acids is 3. The summed E-state index contributed by atoms with van der Waals surface area (Å²) in [5.41, 5.74) is 1.75. The van der Waals surface area contributed by atoms with E-state index in [0.29, 0.717) is 44.6 Å². The fourth-order valence-electron chi connectivity index (χ4n) is 3.50. The van der Waals surface area contributed by atoms with Crippen LogP contribution in [0, 0.1) is 19.3 Å². The van der Waals surface area contributed by atoms with Gasteiger partial charge in [-0.1, -0.05) is 36.3 Å². The van der Waals surface area contributed by atoms with Crippen LogP contribution in [-0.2, 0) is 21.0 Å². The molecule has 0 unspecified atom stereocenters. The highest BCUT2D eigenvalue weighted by molar-refractivity contribution is 5.97. The first kappa shape index (κ1) is 25.5. The highest BCUT2D eigenvalue weighted by Gasteiger charge is 2.22. The Labute approximate surface area is 205 Å². The van der Waals surface area contributed by atoms with Gasteiger partial charge in [0.25, 0.3) is 0 Å². The first-order valence-electron chi connectivity index (χ1n) is 11.5. The highest BCUT2D eigenvalue weighted by atomic mass is 16.5. The number of terminal acetylenes is 1. The van der Waals surface area contributed by atoms with Crippen molar-refractivity contribution in [1.29, 1.82) is 0 Å². The monoisotopic (exact) mass is 478 g/mol. The molecule has 2 N–H and O–H groups in total. The van der Waals surface area contributed by atoms with Crippen LogP contribution in [0.2, 0.25) is 0 Å². The molecule has 10 heteroatoms. The summed E-state index contributed by atoms with van der Waals surface area (Å²) in [6, 6.07) is 11.5.